The van der Waals surface area contributed by atoms with Gasteiger partial charge < -0.3 is 15.8 Å². The number of carbonyl (C=O) groups is 2. The summed E-state index contributed by atoms with van der Waals surface area (Å²) < 4.78 is 5.14. The second kappa shape index (κ2) is 10.3. The second-order valence-corrected chi connectivity index (χ2v) is 6.15. The van der Waals surface area contributed by atoms with Crippen molar-refractivity contribution in [1.29, 1.82) is 0 Å². The lowest BCUT2D eigenvalue weighted by molar-refractivity contribution is -0.148. The Bertz CT molecular complexity index is 524. The third-order valence-corrected chi connectivity index (χ3v) is 4.31. The number of benzene rings is 1. The number of nitrogens with two attached hydrogens (primary N) is 1. The topological polar surface area (TPSA) is 81.4 Å². The standard InChI is InChI=1S/C18H26N2O3.ClH/c1-2-23-18(22)15(10-13-6-4-3-5-7-13)12-20-17(21)14-8-9-16(19)11-14;/h3-7,14-16H,2,8-12,19H2,1H3,(H,20,21);1H. The first-order valence-corrected chi connectivity index (χ1v) is 8.34. The molecule has 1 aliphatic rings. The number of halogens is 1. The molecule has 134 valence electrons. The zero-order chi connectivity index (χ0) is 16.7. The predicted octanol–water partition coefficient (Wildman–Crippen LogP) is 2.07. The first kappa shape index (κ1) is 20.5. The summed E-state index contributed by atoms with van der Waals surface area (Å²) in [7, 11) is 0. The van der Waals surface area contributed by atoms with Crippen molar-refractivity contribution >= 4 is 24.3 Å². The molecule has 0 saturated heterocycles. The molecule has 0 aromatic heterocycles. The minimum absolute atomic E-state index is 0. The lowest BCUT2D eigenvalue weighted by Gasteiger charge is -2.18. The van der Waals surface area contributed by atoms with Gasteiger partial charge in [0.2, 0.25) is 5.91 Å². The fourth-order valence-electron chi connectivity index (χ4n) is 3.02. The molecule has 1 fully saturated rings. The van der Waals surface area contributed by atoms with Crippen LogP contribution in [0.25, 0.3) is 0 Å². The van der Waals surface area contributed by atoms with Gasteiger partial charge in [-0.05, 0) is 38.2 Å². The molecule has 3 N–H and O–H groups in total. The SMILES string of the molecule is CCOC(=O)C(CNC(=O)C1CCC(N)C1)Cc1ccccc1.Cl. The van der Waals surface area contributed by atoms with Crippen molar-refractivity contribution in [2.75, 3.05) is 13.2 Å². The highest BCUT2D eigenvalue weighted by molar-refractivity contribution is 5.85. The smallest absolute Gasteiger partial charge is 0.311 e. The number of hydrogen-bond acceptors (Lipinski definition) is 4. The van der Waals surface area contributed by atoms with E-state index in [2.05, 4.69) is 5.32 Å². The Morgan fingerprint density at radius 2 is 2.00 bits per heavy atom. The van der Waals surface area contributed by atoms with Gasteiger partial charge in [0.05, 0.1) is 12.5 Å². The van der Waals surface area contributed by atoms with Crippen LogP contribution in [0.2, 0.25) is 0 Å². The molecule has 0 radical (unpaired) electrons. The molecule has 1 amide bonds. The van der Waals surface area contributed by atoms with E-state index in [9.17, 15) is 9.59 Å². The Morgan fingerprint density at radius 3 is 2.58 bits per heavy atom. The summed E-state index contributed by atoms with van der Waals surface area (Å²) in [4.78, 5) is 24.3. The first-order valence-electron chi connectivity index (χ1n) is 8.34. The molecule has 24 heavy (non-hydrogen) atoms. The maximum absolute atomic E-state index is 12.2. The second-order valence-electron chi connectivity index (χ2n) is 6.15. The maximum Gasteiger partial charge on any atom is 0.311 e. The molecule has 0 aliphatic heterocycles. The normalized spacial score (nSPS) is 20.8. The molecule has 0 heterocycles. The summed E-state index contributed by atoms with van der Waals surface area (Å²) >= 11 is 0. The van der Waals surface area contributed by atoms with Crippen molar-refractivity contribution in [3.63, 3.8) is 0 Å². The average Bonchev–Trinajstić information content (AvgIpc) is 2.99. The van der Waals surface area contributed by atoms with Gasteiger partial charge in [-0.1, -0.05) is 30.3 Å². The molecule has 1 saturated carbocycles. The molecule has 1 aromatic carbocycles. The molecule has 6 heteroatoms. The van der Waals surface area contributed by atoms with Crippen LogP contribution in [0.3, 0.4) is 0 Å². The van der Waals surface area contributed by atoms with Gasteiger partial charge in [-0.25, -0.2) is 0 Å². The highest BCUT2D eigenvalue weighted by atomic mass is 35.5. The Balaban J connectivity index is 0.00000288. The van der Waals surface area contributed by atoms with Crippen LogP contribution in [0, 0.1) is 11.8 Å². The summed E-state index contributed by atoms with van der Waals surface area (Å²) in [5.74, 6) is -0.652. The van der Waals surface area contributed by atoms with Crippen LogP contribution in [0.15, 0.2) is 30.3 Å². The van der Waals surface area contributed by atoms with Crippen LogP contribution in [0.4, 0.5) is 0 Å². The molecule has 2 rings (SSSR count). The van der Waals surface area contributed by atoms with Crippen molar-refractivity contribution in [2.24, 2.45) is 17.6 Å². The zero-order valence-corrected chi connectivity index (χ0v) is 14.9. The van der Waals surface area contributed by atoms with Gasteiger partial charge in [-0.3, -0.25) is 9.59 Å². The number of amides is 1. The highest BCUT2D eigenvalue weighted by Gasteiger charge is 2.29. The van der Waals surface area contributed by atoms with E-state index in [0.29, 0.717) is 19.6 Å². The first-order chi connectivity index (χ1) is 11.1. The molecule has 1 aromatic rings. The van der Waals surface area contributed by atoms with Crippen LogP contribution >= 0.6 is 12.4 Å². The van der Waals surface area contributed by atoms with Crippen LogP contribution in [-0.2, 0) is 20.7 Å². The lowest BCUT2D eigenvalue weighted by atomic mass is 9.98. The number of carbonyl (C=O) groups excluding carboxylic acids is 2. The van der Waals surface area contributed by atoms with E-state index in [-0.39, 0.29) is 42.2 Å². The number of esters is 1. The third-order valence-electron chi connectivity index (χ3n) is 4.31. The monoisotopic (exact) mass is 354 g/mol. The molecule has 3 unspecified atom stereocenters. The molecule has 3 atom stereocenters. The minimum Gasteiger partial charge on any atom is -0.466 e. The number of rotatable bonds is 7. The summed E-state index contributed by atoms with van der Waals surface area (Å²) in [5, 5.41) is 2.91. The van der Waals surface area contributed by atoms with Crippen LogP contribution in [-0.4, -0.2) is 31.1 Å². The molecule has 0 spiro atoms. The average molecular weight is 355 g/mol. The summed E-state index contributed by atoms with van der Waals surface area (Å²) in [6, 6.07) is 9.89. The van der Waals surface area contributed by atoms with E-state index in [0.717, 1.165) is 24.8 Å². The fraction of sp³-hybridized carbons (Fsp3) is 0.556. The van der Waals surface area contributed by atoms with E-state index in [1.807, 2.05) is 30.3 Å². The Morgan fingerprint density at radius 1 is 1.29 bits per heavy atom. The Hall–Kier alpha value is -1.59. The van der Waals surface area contributed by atoms with Gasteiger partial charge in [0.15, 0.2) is 0 Å². The molecular weight excluding hydrogens is 328 g/mol. The zero-order valence-electron chi connectivity index (χ0n) is 14.1. The van der Waals surface area contributed by atoms with Gasteiger partial charge >= 0.3 is 5.97 Å². The van der Waals surface area contributed by atoms with Crippen molar-refractivity contribution < 1.29 is 14.3 Å². The van der Waals surface area contributed by atoms with Gasteiger partial charge in [0.1, 0.15) is 0 Å². The van der Waals surface area contributed by atoms with Crippen molar-refractivity contribution in [1.82, 2.24) is 5.32 Å². The number of nitrogens with one attached hydrogen (secondary N) is 1. The molecule has 1 aliphatic carbocycles. The van der Waals surface area contributed by atoms with Gasteiger partial charge in [0, 0.05) is 18.5 Å². The fourth-order valence-corrected chi connectivity index (χ4v) is 3.02. The van der Waals surface area contributed by atoms with Crippen molar-refractivity contribution in [3.05, 3.63) is 35.9 Å². The number of hydrogen-bond donors (Lipinski definition) is 2. The van der Waals surface area contributed by atoms with Gasteiger partial charge in [-0.15, -0.1) is 12.4 Å². The Kier molecular flexibility index (Phi) is 8.79. The summed E-state index contributed by atoms with van der Waals surface area (Å²) in [6.45, 7) is 2.43. The van der Waals surface area contributed by atoms with E-state index in [4.69, 9.17) is 10.5 Å². The molecule has 5 nitrogen and oxygen atoms in total. The van der Waals surface area contributed by atoms with Gasteiger partial charge in [0.25, 0.3) is 0 Å². The summed E-state index contributed by atoms with van der Waals surface area (Å²) in [6.07, 6.45) is 3.01. The highest BCUT2D eigenvalue weighted by Crippen LogP contribution is 2.24. The largest absolute Gasteiger partial charge is 0.466 e. The molecular formula is C18H27ClN2O3. The van der Waals surface area contributed by atoms with Crippen LogP contribution in [0.1, 0.15) is 31.7 Å². The predicted molar refractivity (Wildman–Crippen MR) is 95.8 cm³/mol. The van der Waals surface area contributed by atoms with Crippen LogP contribution < -0.4 is 11.1 Å². The molecule has 0 bridgehead atoms. The van der Waals surface area contributed by atoms with E-state index in [1.54, 1.807) is 6.92 Å². The Labute approximate surface area is 149 Å². The minimum atomic E-state index is -0.364. The van der Waals surface area contributed by atoms with Crippen molar-refractivity contribution in [2.45, 2.75) is 38.6 Å². The number of ether oxygens (including phenoxy) is 1. The maximum atomic E-state index is 12.2. The van der Waals surface area contributed by atoms with E-state index < -0.39 is 0 Å². The quantitative estimate of drug-likeness (QED) is 0.734. The lowest BCUT2D eigenvalue weighted by Crippen LogP contribution is -2.38. The van der Waals surface area contributed by atoms with Gasteiger partial charge in [-0.2, -0.15) is 0 Å². The van der Waals surface area contributed by atoms with Crippen LogP contribution in [0.5, 0.6) is 0 Å². The third kappa shape index (κ3) is 6.13. The van der Waals surface area contributed by atoms with E-state index in [1.165, 1.54) is 0 Å². The summed E-state index contributed by atoms with van der Waals surface area (Å²) in [5.41, 5.74) is 6.91. The van der Waals surface area contributed by atoms with Crippen molar-refractivity contribution in [3.8, 4) is 0 Å². The van der Waals surface area contributed by atoms with E-state index >= 15 is 0 Å².